The summed E-state index contributed by atoms with van der Waals surface area (Å²) in [6, 6.07) is 19.8. The van der Waals surface area contributed by atoms with E-state index in [1.165, 1.54) is 0 Å². The van der Waals surface area contributed by atoms with Gasteiger partial charge >= 0.3 is 0 Å². The number of hydrazone groups is 2. The molecule has 0 aliphatic heterocycles. The van der Waals surface area contributed by atoms with Gasteiger partial charge in [-0.05, 0) is 37.2 Å². The number of hydrogen-bond acceptors (Lipinski definition) is 3. The second kappa shape index (κ2) is 8.05. The quantitative estimate of drug-likeness (QED) is 0.517. The van der Waals surface area contributed by atoms with Gasteiger partial charge in [0.25, 0.3) is 0 Å². The molecule has 2 rings (SSSR count). The molecule has 0 radical (unpaired) electrons. The van der Waals surface area contributed by atoms with Gasteiger partial charge in [0.05, 0.1) is 11.4 Å². The molecule has 5 heteroatoms. The Kier molecular flexibility index (Phi) is 5.80. The fourth-order valence-electron chi connectivity index (χ4n) is 1.78. The molecule has 0 aromatic heterocycles. The normalized spacial score (nSPS) is 11.9. The van der Waals surface area contributed by atoms with Gasteiger partial charge in [-0.3, -0.25) is 10.9 Å². The zero-order valence-electron chi connectivity index (χ0n) is 12.6. The molecule has 2 N–H and O–H groups in total. The van der Waals surface area contributed by atoms with Crippen molar-refractivity contribution in [3.8, 4) is 0 Å². The van der Waals surface area contributed by atoms with Crippen LogP contribution in [0.5, 0.6) is 0 Å². The molecular weight excluding hydrogens is 292 g/mol. The molecule has 0 aliphatic carbocycles. The molecule has 4 nitrogen and oxygen atoms in total. The van der Waals surface area contributed by atoms with Crippen molar-refractivity contribution in [2.24, 2.45) is 10.2 Å². The molecule has 0 unspecified atom stereocenters. The maximum atomic E-state index is 5.15. The predicted molar refractivity (Wildman–Crippen MR) is 96.2 cm³/mol. The lowest BCUT2D eigenvalue weighted by atomic mass is 10.1. The van der Waals surface area contributed by atoms with Gasteiger partial charge in [0.1, 0.15) is 0 Å². The number of nitrogens with one attached hydrogen (secondary N) is 2. The van der Waals surface area contributed by atoms with E-state index >= 15 is 0 Å². The minimum absolute atomic E-state index is 0.352. The Balaban J connectivity index is 1.91. The molecule has 2 aromatic rings. The fraction of sp³-hybridized carbons (Fsp3) is 0.118. The Hall–Kier alpha value is -2.53. The maximum Gasteiger partial charge on any atom is 0.207 e. The lowest BCUT2D eigenvalue weighted by molar-refractivity contribution is 0.925. The number of nitrogens with zero attached hydrogens (tertiary/aromatic N) is 2. The summed E-state index contributed by atoms with van der Waals surface area (Å²) in [6.07, 6.45) is 0. The van der Waals surface area contributed by atoms with Crippen LogP contribution in [0.2, 0.25) is 0 Å². The van der Waals surface area contributed by atoms with Crippen LogP contribution >= 0.6 is 12.2 Å². The van der Waals surface area contributed by atoms with Gasteiger partial charge in [-0.2, -0.15) is 10.2 Å². The van der Waals surface area contributed by atoms with Crippen LogP contribution in [0.4, 0.5) is 0 Å². The number of benzene rings is 2. The van der Waals surface area contributed by atoms with Gasteiger partial charge < -0.3 is 0 Å². The van der Waals surface area contributed by atoms with Crippen molar-refractivity contribution in [1.82, 2.24) is 10.9 Å². The average Bonchev–Trinajstić information content (AvgIpc) is 2.59. The molecular formula is C17H18N4S. The van der Waals surface area contributed by atoms with Crippen LogP contribution in [-0.4, -0.2) is 16.5 Å². The maximum absolute atomic E-state index is 5.15. The van der Waals surface area contributed by atoms with Gasteiger partial charge in [0.2, 0.25) is 5.11 Å². The van der Waals surface area contributed by atoms with Crippen LogP contribution in [0.1, 0.15) is 25.0 Å². The van der Waals surface area contributed by atoms with E-state index in [0.29, 0.717) is 5.11 Å². The molecule has 0 heterocycles. The third kappa shape index (κ3) is 4.79. The average molecular weight is 310 g/mol. The van der Waals surface area contributed by atoms with Crippen LogP contribution in [0, 0.1) is 0 Å². The summed E-state index contributed by atoms with van der Waals surface area (Å²) in [6.45, 7) is 3.84. The van der Waals surface area contributed by atoms with E-state index in [0.717, 1.165) is 22.6 Å². The summed E-state index contributed by atoms with van der Waals surface area (Å²) >= 11 is 5.15. The van der Waals surface area contributed by atoms with Crippen LogP contribution in [0.3, 0.4) is 0 Å². The summed E-state index contributed by atoms with van der Waals surface area (Å²) < 4.78 is 0. The Morgan fingerprint density at radius 2 is 1.09 bits per heavy atom. The molecule has 0 fully saturated rings. The standard InChI is InChI=1S/C17H18N4S/c1-13(15-9-5-3-6-10-15)18-20-17(22)21-19-14(2)16-11-7-4-8-12-16/h3-12H,1-2H3,(H2,20,21,22). The van der Waals surface area contributed by atoms with E-state index in [4.69, 9.17) is 12.2 Å². The van der Waals surface area contributed by atoms with Crippen LogP contribution < -0.4 is 10.9 Å². The van der Waals surface area contributed by atoms with E-state index < -0.39 is 0 Å². The first-order valence-electron chi connectivity index (χ1n) is 6.92. The zero-order valence-corrected chi connectivity index (χ0v) is 13.4. The van der Waals surface area contributed by atoms with Crippen molar-refractivity contribution in [3.63, 3.8) is 0 Å². The SMILES string of the molecule is CC(=NNC(=S)NN=C(C)c1ccccc1)c1ccccc1. The van der Waals surface area contributed by atoms with Gasteiger partial charge in [0.15, 0.2) is 0 Å². The Morgan fingerprint density at radius 3 is 1.45 bits per heavy atom. The van der Waals surface area contributed by atoms with E-state index in [1.54, 1.807) is 0 Å². The fourth-order valence-corrected chi connectivity index (χ4v) is 1.87. The molecule has 0 saturated heterocycles. The summed E-state index contributed by atoms with van der Waals surface area (Å²) in [7, 11) is 0. The Labute approximate surface area is 136 Å². The van der Waals surface area contributed by atoms with Crippen molar-refractivity contribution in [1.29, 1.82) is 0 Å². The molecule has 0 atom stereocenters. The number of rotatable bonds is 4. The summed E-state index contributed by atoms with van der Waals surface area (Å²) in [5, 5.41) is 8.83. The summed E-state index contributed by atoms with van der Waals surface area (Å²) in [5.74, 6) is 0. The Morgan fingerprint density at radius 1 is 0.727 bits per heavy atom. The third-order valence-corrected chi connectivity index (χ3v) is 3.22. The highest BCUT2D eigenvalue weighted by atomic mass is 32.1. The van der Waals surface area contributed by atoms with Crippen molar-refractivity contribution < 1.29 is 0 Å². The monoisotopic (exact) mass is 310 g/mol. The molecule has 112 valence electrons. The predicted octanol–water partition coefficient (Wildman–Crippen LogP) is 3.30. The first-order valence-corrected chi connectivity index (χ1v) is 7.33. The van der Waals surface area contributed by atoms with Crippen molar-refractivity contribution in [3.05, 3.63) is 71.8 Å². The molecule has 0 spiro atoms. The van der Waals surface area contributed by atoms with Crippen LogP contribution in [0.25, 0.3) is 0 Å². The lowest BCUT2D eigenvalue weighted by Gasteiger charge is -2.06. The van der Waals surface area contributed by atoms with Gasteiger partial charge in [-0.1, -0.05) is 60.7 Å². The molecule has 2 aromatic carbocycles. The lowest BCUT2D eigenvalue weighted by Crippen LogP contribution is -2.29. The van der Waals surface area contributed by atoms with Gasteiger partial charge in [0, 0.05) is 0 Å². The van der Waals surface area contributed by atoms with E-state index in [1.807, 2.05) is 74.5 Å². The highest BCUT2D eigenvalue weighted by Crippen LogP contribution is 2.00. The number of hydrogen-bond donors (Lipinski definition) is 2. The van der Waals surface area contributed by atoms with Crippen molar-refractivity contribution >= 4 is 28.8 Å². The highest BCUT2D eigenvalue weighted by Gasteiger charge is 1.98. The molecule has 0 aliphatic rings. The first-order chi connectivity index (χ1) is 10.7. The van der Waals surface area contributed by atoms with Crippen LogP contribution in [-0.2, 0) is 0 Å². The molecule has 22 heavy (non-hydrogen) atoms. The van der Waals surface area contributed by atoms with E-state index in [-0.39, 0.29) is 0 Å². The zero-order chi connectivity index (χ0) is 15.8. The highest BCUT2D eigenvalue weighted by molar-refractivity contribution is 7.80. The minimum atomic E-state index is 0.352. The molecule has 0 saturated carbocycles. The van der Waals surface area contributed by atoms with E-state index in [2.05, 4.69) is 21.1 Å². The smallest absolute Gasteiger partial charge is 0.207 e. The Bertz CT molecular complexity index is 619. The van der Waals surface area contributed by atoms with E-state index in [9.17, 15) is 0 Å². The summed E-state index contributed by atoms with van der Waals surface area (Å²) in [4.78, 5) is 0. The topological polar surface area (TPSA) is 48.8 Å². The minimum Gasteiger partial charge on any atom is -0.252 e. The largest absolute Gasteiger partial charge is 0.252 e. The third-order valence-electron chi connectivity index (χ3n) is 3.03. The second-order valence-corrected chi connectivity index (χ2v) is 5.09. The number of thiocarbonyl (C=S) groups is 1. The van der Waals surface area contributed by atoms with Crippen LogP contribution in [0.15, 0.2) is 70.9 Å². The molecule has 0 amide bonds. The first kappa shape index (κ1) is 15.9. The second-order valence-electron chi connectivity index (χ2n) is 4.68. The summed E-state index contributed by atoms with van der Waals surface area (Å²) in [5.41, 5.74) is 9.37. The van der Waals surface area contributed by atoms with Crippen molar-refractivity contribution in [2.75, 3.05) is 0 Å². The van der Waals surface area contributed by atoms with Gasteiger partial charge in [-0.15, -0.1) is 0 Å². The van der Waals surface area contributed by atoms with Gasteiger partial charge in [-0.25, -0.2) is 0 Å². The molecule has 0 bridgehead atoms. The van der Waals surface area contributed by atoms with Crippen molar-refractivity contribution in [2.45, 2.75) is 13.8 Å².